The summed E-state index contributed by atoms with van der Waals surface area (Å²) in [5, 5.41) is 0. The summed E-state index contributed by atoms with van der Waals surface area (Å²) in [6.07, 6.45) is 10.8. The van der Waals surface area contributed by atoms with Crippen molar-refractivity contribution in [2.45, 2.75) is 51.9 Å². The molecule has 0 amide bonds. The zero-order valence-electron chi connectivity index (χ0n) is 9.71. The molecule has 2 N–H and O–H groups in total. The van der Waals surface area contributed by atoms with Gasteiger partial charge in [-0.25, -0.2) is 0 Å². The van der Waals surface area contributed by atoms with Gasteiger partial charge in [0.1, 0.15) is 0 Å². The highest BCUT2D eigenvalue weighted by Crippen LogP contribution is 2.09. The second-order valence-electron chi connectivity index (χ2n) is 4.10. The maximum atomic E-state index is 5.57. The zero-order valence-corrected chi connectivity index (χ0v) is 9.71. The number of anilines is 1. The van der Waals surface area contributed by atoms with E-state index < -0.39 is 0 Å². The third-order valence-corrected chi connectivity index (χ3v) is 2.63. The standard InChI is InChI=1S/C13H22N2/c1-2-3-4-5-6-7-8-13-10-9-12(14)11-15-13/h9-11H,2-8,14H2,1H3. The SMILES string of the molecule is CCCCCCCCc1ccc(N)cn1. The van der Waals surface area contributed by atoms with Crippen molar-refractivity contribution in [2.75, 3.05) is 5.73 Å². The first-order valence-electron chi connectivity index (χ1n) is 6.03. The van der Waals surface area contributed by atoms with E-state index in [2.05, 4.69) is 11.9 Å². The van der Waals surface area contributed by atoms with Crippen molar-refractivity contribution >= 4 is 5.69 Å². The summed E-state index contributed by atoms with van der Waals surface area (Å²) < 4.78 is 0. The minimum atomic E-state index is 0.752. The van der Waals surface area contributed by atoms with E-state index >= 15 is 0 Å². The number of hydrogen-bond donors (Lipinski definition) is 1. The molecule has 0 saturated heterocycles. The minimum absolute atomic E-state index is 0.752. The number of hydrogen-bond acceptors (Lipinski definition) is 2. The van der Waals surface area contributed by atoms with E-state index in [9.17, 15) is 0 Å². The molecule has 0 aliphatic carbocycles. The average molecular weight is 206 g/mol. The van der Waals surface area contributed by atoms with Crippen molar-refractivity contribution in [1.82, 2.24) is 4.98 Å². The summed E-state index contributed by atoms with van der Waals surface area (Å²) in [6, 6.07) is 3.96. The molecular formula is C13H22N2. The topological polar surface area (TPSA) is 38.9 Å². The number of nitrogens with two attached hydrogens (primary N) is 1. The highest BCUT2D eigenvalue weighted by atomic mass is 14.7. The van der Waals surface area contributed by atoms with Gasteiger partial charge >= 0.3 is 0 Å². The quantitative estimate of drug-likeness (QED) is 0.693. The van der Waals surface area contributed by atoms with Crippen LogP contribution in [0.3, 0.4) is 0 Å². The number of pyridine rings is 1. The van der Waals surface area contributed by atoms with E-state index in [1.807, 2.05) is 12.1 Å². The molecule has 0 fully saturated rings. The summed E-state index contributed by atoms with van der Waals surface area (Å²) in [6.45, 7) is 2.25. The van der Waals surface area contributed by atoms with Crippen molar-refractivity contribution in [1.29, 1.82) is 0 Å². The summed E-state index contributed by atoms with van der Waals surface area (Å²) >= 11 is 0. The maximum absolute atomic E-state index is 5.57. The highest BCUT2D eigenvalue weighted by Gasteiger charge is 1.95. The fraction of sp³-hybridized carbons (Fsp3) is 0.615. The maximum Gasteiger partial charge on any atom is 0.0501 e. The molecule has 1 heterocycles. The number of nitrogen functional groups attached to an aromatic ring is 1. The van der Waals surface area contributed by atoms with Gasteiger partial charge in [-0.3, -0.25) is 4.98 Å². The molecule has 0 atom stereocenters. The molecule has 0 radical (unpaired) electrons. The van der Waals surface area contributed by atoms with E-state index in [-0.39, 0.29) is 0 Å². The lowest BCUT2D eigenvalue weighted by molar-refractivity contribution is 0.605. The van der Waals surface area contributed by atoms with E-state index in [1.165, 1.54) is 44.2 Å². The molecule has 84 valence electrons. The van der Waals surface area contributed by atoms with Gasteiger partial charge in [0, 0.05) is 5.69 Å². The van der Waals surface area contributed by atoms with Gasteiger partial charge in [-0.1, -0.05) is 39.0 Å². The van der Waals surface area contributed by atoms with Gasteiger partial charge in [0.25, 0.3) is 0 Å². The molecule has 15 heavy (non-hydrogen) atoms. The summed E-state index contributed by atoms with van der Waals surface area (Å²) in [5.74, 6) is 0. The number of aromatic nitrogens is 1. The molecule has 0 aliphatic heterocycles. The zero-order chi connectivity index (χ0) is 10.9. The molecule has 1 aromatic rings. The van der Waals surface area contributed by atoms with E-state index in [1.54, 1.807) is 6.20 Å². The van der Waals surface area contributed by atoms with Crippen LogP contribution in [0.4, 0.5) is 5.69 Å². The van der Waals surface area contributed by atoms with Crippen molar-refractivity contribution in [3.05, 3.63) is 24.0 Å². The number of rotatable bonds is 7. The smallest absolute Gasteiger partial charge is 0.0501 e. The van der Waals surface area contributed by atoms with Crippen LogP contribution >= 0.6 is 0 Å². The van der Waals surface area contributed by atoms with Crippen LogP contribution in [0.5, 0.6) is 0 Å². The van der Waals surface area contributed by atoms with Gasteiger partial charge < -0.3 is 5.73 Å². The van der Waals surface area contributed by atoms with Crippen LogP contribution < -0.4 is 5.73 Å². The Kier molecular flexibility index (Phi) is 5.83. The number of nitrogens with zero attached hydrogens (tertiary/aromatic N) is 1. The van der Waals surface area contributed by atoms with Crippen molar-refractivity contribution in [2.24, 2.45) is 0 Å². The first-order chi connectivity index (χ1) is 7.33. The van der Waals surface area contributed by atoms with Crippen LogP contribution in [0, 0.1) is 0 Å². The number of aryl methyl sites for hydroxylation is 1. The molecule has 0 unspecified atom stereocenters. The van der Waals surface area contributed by atoms with Crippen molar-refractivity contribution in [3.8, 4) is 0 Å². The Balaban J connectivity index is 2.07. The Morgan fingerprint density at radius 2 is 1.80 bits per heavy atom. The van der Waals surface area contributed by atoms with Crippen LogP contribution in [0.15, 0.2) is 18.3 Å². The molecule has 0 saturated carbocycles. The van der Waals surface area contributed by atoms with E-state index in [4.69, 9.17) is 5.73 Å². The first-order valence-corrected chi connectivity index (χ1v) is 6.03. The average Bonchev–Trinajstić information content (AvgIpc) is 2.26. The van der Waals surface area contributed by atoms with Crippen molar-refractivity contribution in [3.63, 3.8) is 0 Å². The van der Waals surface area contributed by atoms with Crippen LogP contribution in [-0.4, -0.2) is 4.98 Å². The van der Waals surface area contributed by atoms with Gasteiger partial charge in [0.2, 0.25) is 0 Å². The Morgan fingerprint density at radius 3 is 2.47 bits per heavy atom. The lowest BCUT2D eigenvalue weighted by Crippen LogP contribution is -1.92. The number of unbranched alkanes of at least 4 members (excludes halogenated alkanes) is 5. The van der Waals surface area contributed by atoms with E-state index in [0.717, 1.165) is 12.1 Å². The van der Waals surface area contributed by atoms with Gasteiger partial charge in [0.05, 0.1) is 11.9 Å². The highest BCUT2D eigenvalue weighted by molar-refractivity contribution is 5.34. The Morgan fingerprint density at radius 1 is 1.07 bits per heavy atom. The fourth-order valence-corrected chi connectivity index (χ4v) is 1.67. The normalized spacial score (nSPS) is 10.5. The second-order valence-corrected chi connectivity index (χ2v) is 4.10. The van der Waals surface area contributed by atoms with Crippen LogP contribution in [0.2, 0.25) is 0 Å². The fourth-order valence-electron chi connectivity index (χ4n) is 1.67. The molecule has 1 rings (SSSR count). The summed E-state index contributed by atoms with van der Waals surface area (Å²) in [5.41, 5.74) is 7.49. The first kappa shape index (κ1) is 12.0. The van der Waals surface area contributed by atoms with Gasteiger partial charge in [-0.2, -0.15) is 0 Å². The Bertz CT molecular complexity index is 254. The molecule has 0 aliphatic rings. The Labute approximate surface area is 92.9 Å². The largest absolute Gasteiger partial charge is 0.397 e. The predicted molar refractivity (Wildman–Crippen MR) is 65.7 cm³/mol. The second kappa shape index (κ2) is 7.27. The lowest BCUT2D eigenvalue weighted by Gasteiger charge is -2.01. The molecule has 2 heteroatoms. The molecule has 2 nitrogen and oxygen atoms in total. The van der Waals surface area contributed by atoms with E-state index in [0.29, 0.717) is 0 Å². The molecule has 0 bridgehead atoms. The van der Waals surface area contributed by atoms with Gasteiger partial charge in [-0.05, 0) is 25.0 Å². The van der Waals surface area contributed by atoms with Gasteiger partial charge in [-0.15, -0.1) is 0 Å². The summed E-state index contributed by atoms with van der Waals surface area (Å²) in [4.78, 5) is 4.29. The third-order valence-electron chi connectivity index (χ3n) is 2.63. The molecule has 0 spiro atoms. The third kappa shape index (κ3) is 5.40. The van der Waals surface area contributed by atoms with Crippen LogP contribution in [-0.2, 0) is 6.42 Å². The predicted octanol–water partition coefficient (Wildman–Crippen LogP) is 3.57. The monoisotopic (exact) mass is 206 g/mol. The van der Waals surface area contributed by atoms with Crippen molar-refractivity contribution < 1.29 is 0 Å². The Hall–Kier alpha value is -1.05. The molecular weight excluding hydrogens is 184 g/mol. The lowest BCUT2D eigenvalue weighted by atomic mass is 10.1. The van der Waals surface area contributed by atoms with Crippen LogP contribution in [0.25, 0.3) is 0 Å². The van der Waals surface area contributed by atoms with Gasteiger partial charge in [0.15, 0.2) is 0 Å². The van der Waals surface area contributed by atoms with Crippen LogP contribution in [0.1, 0.15) is 51.1 Å². The molecule has 0 aromatic carbocycles. The molecule has 1 aromatic heterocycles. The summed E-state index contributed by atoms with van der Waals surface area (Å²) in [7, 11) is 0. The minimum Gasteiger partial charge on any atom is -0.397 e.